The zero-order valence-corrected chi connectivity index (χ0v) is 19.4. The van der Waals surface area contributed by atoms with Crippen LogP contribution in [0.3, 0.4) is 0 Å². The van der Waals surface area contributed by atoms with Crippen LogP contribution < -0.4 is 4.90 Å². The van der Waals surface area contributed by atoms with E-state index in [1.807, 2.05) is 90.8 Å². The van der Waals surface area contributed by atoms with Crippen LogP contribution in [0.25, 0.3) is 0 Å². The van der Waals surface area contributed by atoms with Crippen molar-refractivity contribution in [1.82, 2.24) is 9.29 Å². The second kappa shape index (κ2) is 10.4. The van der Waals surface area contributed by atoms with Gasteiger partial charge in [-0.1, -0.05) is 91.0 Å². The zero-order chi connectivity index (χ0) is 23.1. The molecule has 1 aromatic heterocycles. The number of anilines is 1. The Kier molecular flexibility index (Phi) is 7.17. The Balaban J connectivity index is 1.57. The van der Waals surface area contributed by atoms with Gasteiger partial charge in [-0.2, -0.15) is 4.31 Å². The molecule has 33 heavy (non-hydrogen) atoms. The van der Waals surface area contributed by atoms with Gasteiger partial charge in [-0.05, 0) is 28.8 Å². The average Bonchev–Trinajstić information content (AvgIpc) is 2.85. The van der Waals surface area contributed by atoms with E-state index in [1.54, 1.807) is 12.1 Å². The molecule has 0 N–H and O–H groups in total. The molecule has 168 valence electrons. The molecule has 0 aliphatic carbocycles. The normalized spacial score (nSPS) is 11.5. The van der Waals surface area contributed by atoms with Crippen molar-refractivity contribution in [3.05, 3.63) is 126 Å². The van der Waals surface area contributed by atoms with Gasteiger partial charge in [-0.15, -0.1) is 0 Å². The molecule has 0 atom stereocenters. The van der Waals surface area contributed by atoms with E-state index in [-0.39, 0.29) is 18.0 Å². The Bertz CT molecular complexity index is 1210. The highest BCUT2D eigenvalue weighted by Gasteiger charge is 2.25. The number of hydrogen-bond acceptors (Lipinski definition) is 4. The molecule has 4 rings (SSSR count). The van der Waals surface area contributed by atoms with Crippen molar-refractivity contribution in [1.29, 1.82) is 0 Å². The van der Waals surface area contributed by atoms with Crippen LogP contribution in [0, 0.1) is 0 Å². The maximum absolute atomic E-state index is 13.6. The van der Waals surface area contributed by atoms with Gasteiger partial charge in [-0.25, -0.2) is 13.4 Å². The molecule has 5 nitrogen and oxygen atoms in total. The minimum atomic E-state index is -3.75. The Hall–Kier alpha value is -3.48. The van der Waals surface area contributed by atoms with Crippen molar-refractivity contribution in [2.45, 2.75) is 24.5 Å². The Labute approximate surface area is 196 Å². The lowest BCUT2D eigenvalue weighted by Crippen LogP contribution is -2.30. The quantitative estimate of drug-likeness (QED) is 0.351. The van der Waals surface area contributed by atoms with Crippen molar-refractivity contribution in [2.24, 2.45) is 0 Å². The van der Waals surface area contributed by atoms with Gasteiger partial charge >= 0.3 is 0 Å². The van der Waals surface area contributed by atoms with E-state index >= 15 is 0 Å². The first kappa shape index (κ1) is 22.7. The van der Waals surface area contributed by atoms with Crippen LogP contribution in [0.5, 0.6) is 0 Å². The van der Waals surface area contributed by atoms with Crippen molar-refractivity contribution in [2.75, 3.05) is 11.9 Å². The molecular weight excluding hydrogens is 430 g/mol. The predicted molar refractivity (Wildman–Crippen MR) is 132 cm³/mol. The van der Waals surface area contributed by atoms with E-state index in [0.717, 1.165) is 22.5 Å². The number of sulfonamides is 1. The van der Waals surface area contributed by atoms with Crippen LogP contribution in [0.15, 0.2) is 114 Å². The summed E-state index contributed by atoms with van der Waals surface area (Å²) in [6.07, 6.45) is 1.45. The summed E-state index contributed by atoms with van der Waals surface area (Å²) < 4.78 is 28.7. The van der Waals surface area contributed by atoms with E-state index in [4.69, 9.17) is 0 Å². The molecule has 4 aromatic rings. The van der Waals surface area contributed by atoms with Gasteiger partial charge in [0.15, 0.2) is 0 Å². The number of pyridine rings is 1. The predicted octanol–water partition coefficient (Wildman–Crippen LogP) is 5.11. The second-order valence-corrected chi connectivity index (χ2v) is 9.88. The Morgan fingerprint density at radius 1 is 0.636 bits per heavy atom. The first-order valence-electron chi connectivity index (χ1n) is 10.8. The summed E-state index contributed by atoms with van der Waals surface area (Å²) in [6.45, 7) is 1.26. The molecule has 0 saturated heterocycles. The third kappa shape index (κ3) is 5.86. The molecule has 0 bridgehead atoms. The number of aromatic nitrogens is 1. The fourth-order valence-corrected chi connectivity index (χ4v) is 5.00. The van der Waals surface area contributed by atoms with Crippen molar-refractivity contribution < 1.29 is 8.42 Å². The van der Waals surface area contributed by atoms with Gasteiger partial charge in [0, 0.05) is 32.9 Å². The highest BCUT2D eigenvalue weighted by atomic mass is 32.2. The molecule has 0 spiro atoms. The monoisotopic (exact) mass is 457 g/mol. The van der Waals surface area contributed by atoms with Gasteiger partial charge in [0.05, 0.1) is 0 Å². The van der Waals surface area contributed by atoms with Crippen LogP contribution in [-0.4, -0.2) is 24.8 Å². The minimum absolute atomic E-state index is 0.186. The summed E-state index contributed by atoms with van der Waals surface area (Å²) >= 11 is 0. The van der Waals surface area contributed by atoms with E-state index in [2.05, 4.69) is 17.1 Å². The first-order chi connectivity index (χ1) is 16.0. The molecular formula is C27H27N3O2S. The molecule has 0 amide bonds. The summed E-state index contributed by atoms with van der Waals surface area (Å²) in [4.78, 5) is 6.64. The summed E-state index contributed by atoms with van der Waals surface area (Å²) in [5, 5.41) is 0. The Morgan fingerprint density at radius 2 is 1.09 bits per heavy atom. The molecule has 0 unspecified atom stereocenters. The third-order valence-corrected chi connectivity index (χ3v) is 7.19. The maximum atomic E-state index is 13.6. The average molecular weight is 458 g/mol. The lowest BCUT2D eigenvalue weighted by atomic mass is 10.2. The van der Waals surface area contributed by atoms with E-state index in [1.165, 1.54) is 10.5 Å². The lowest BCUT2D eigenvalue weighted by Gasteiger charge is -2.23. The van der Waals surface area contributed by atoms with E-state index in [9.17, 15) is 8.42 Å². The molecule has 3 aromatic carbocycles. The van der Waals surface area contributed by atoms with Crippen molar-refractivity contribution in [3.63, 3.8) is 0 Å². The van der Waals surface area contributed by atoms with E-state index < -0.39 is 10.0 Å². The molecule has 0 fully saturated rings. The largest absolute Gasteiger partial charge is 0.355 e. The van der Waals surface area contributed by atoms with Crippen LogP contribution in [-0.2, 0) is 29.7 Å². The number of rotatable bonds is 9. The second-order valence-electron chi connectivity index (χ2n) is 7.94. The van der Waals surface area contributed by atoms with Gasteiger partial charge in [0.25, 0.3) is 0 Å². The zero-order valence-electron chi connectivity index (χ0n) is 18.6. The van der Waals surface area contributed by atoms with Gasteiger partial charge in [-0.3, -0.25) is 0 Å². The number of benzene rings is 3. The highest BCUT2D eigenvalue weighted by Crippen LogP contribution is 2.23. The van der Waals surface area contributed by atoms with Gasteiger partial charge < -0.3 is 4.90 Å². The summed E-state index contributed by atoms with van der Waals surface area (Å²) in [5.41, 5.74) is 3.03. The molecule has 6 heteroatoms. The van der Waals surface area contributed by atoms with Gasteiger partial charge in [0.2, 0.25) is 10.0 Å². The van der Waals surface area contributed by atoms with Crippen molar-refractivity contribution >= 4 is 15.8 Å². The lowest BCUT2D eigenvalue weighted by molar-refractivity contribution is 0.401. The molecule has 1 heterocycles. The Morgan fingerprint density at radius 3 is 1.52 bits per heavy atom. The van der Waals surface area contributed by atoms with Crippen molar-refractivity contribution in [3.8, 4) is 0 Å². The fraction of sp³-hybridized carbons (Fsp3) is 0.148. The van der Waals surface area contributed by atoms with Crippen LogP contribution in [0.1, 0.15) is 16.7 Å². The fourth-order valence-electron chi connectivity index (χ4n) is 3.64. The SMILES string of the molecule is CN(Cc1ccccc1)c1ccc(S(=O)(=O)N(Cc2ccccc2)Cc2ccccc2)cn1. The minimum Gasteiger partial charge on any atom is -0.355 e. The number of nitrogens with zero attached hydrogens (tertiary/aromatic N) is 3. The van der Waals surface area contributed by atoms with E-state index in [0.29, 0.717) is 6.54 Å². The van der Waals surface area contributed by atoms with Crippen LogP contribution >= 0.6 is 0 Å². The highest BCUT2D eigenvalue weighted by molar-refractivity contribution is 7.89. The maximum Gasteiger partial charge on any atom is 0.245 e. The molecule has 0 radical (unpaired) electrons. The summed E-state index contributed by atoms with van der Waals surface area (Å²) in [7, 11) is -1.80. The van der Waals surface area contributed by atoms with Crippen LogP contribution in [0.4, 0.5) is 5.82 Å². The summed E-state index contributed by atoms with van der Waals surface area (Å²) in [5.74, 6) is 0.718. The smallest absolute Gasteiger partial charge is 0.245 e. The number of hydrogen-bond donors (Lipinski definition) is 0. The third-order valence-electron chi connectivity index (χ3n) is 5.42. The topological polar surface area (TPSA) is 53.5 Å². The molecule has 0 saturated carbocycles. The summed E-state index contributed by atoms with van der Waals surface area (Å²) in [6, 6.07) is 32.8. The molecule has 0 aliphatic rings. The standard InChI is InChI=1S/C27H27N3O2S/c1-29(20-23-11-5-2-6-12-23)27-18-17-26(19-28-27)33(31,32)30(21-24-13-7-3-8-14-24)22-25-15-9-4-10-16-25/h2-19H,20-22H2,1H3. The van der Waals surface area contributed by atoms with Gasteiger partial charge in [0.1, 0.15) is 10.7 Å². The first-order valence-corrected chi connectivity index (χ1v) is 12.3. The van der Waals surface area contributed by atoms with Crippen LogP contribution in [0.2, 0.25) is 0 Å². The molecule has 0 aliphatic heterocycles.